The van der Waals surface area contributed by atoms with Crippen molar-refractivity contribution in [2.75, 3.05) is 32.7 Å². The van der Waals surface area contributed by atoms with Crippen LogP contribution in [-0.4, -0.2) is 42.5 Å². The van der Waals surface area contributed by atoms with E-state index in [2.05, 4.69) is 48.8 Å². The number of unbranched alkanes of at least 4 members (excludes halogenated alkanes) is 1. The highest BCUT2D eigenvalue weighted by atomic mass is 15.2. The first-order valence-electron chi connectivity index (χ1n) is 8.45. The van der Waals surface area contributed by atoms with Gasteiger partial charge in [0, 0.05) is 19.1 Å². The molecule has 3 nitrogen and oxygen atoms in total. The molecular formula is C18H31N3. The molecule has 118 valence electrons. The van der Waals surface area contributed by atoms with Crippen molar-refractivity contribution < 1.29 is 0 Å². The molecule has 1 aliphatic rings. The summed E-state index contributed by atoms with van der Waals surface area (Å²) in [7, 11) is 0. The fourth-order valence-electron chi connectivity index (χ4n) is 3.40. The smallest absolute Gasteiger partial charge is 0.0477 e. The van der Waals surface area contributed by atoms with Gasteiger partial charge in [-0.2, -0.15) is 0 Å². The molecule has 1 unspecified atom stereocenters. The molecular weight excluding hydrogens is 258 g/mol. The van der Waals surface area contributed by atoms with Crippen molar-refractivity contribution in [3.63, 3.8) is 0 Å². The summed E-state index contributed by atoms with van der Waals surface area (Å²) in [4.78, 5) is 5.06. The van der Waals surface area contributed by atoms with Crippen LogP contribution in [0.3, 0.4) is 0 Å². The van der Waals surface area contributed by atoms with Crippen LogP contribution in [0.4, 0.5) is 0 Å². The topological polar surface area (TPSA) is 32.5 Å². The van der Waals surface area contributed by atoms with Gasteiger partial charge < -0.3 is 10.6 Å². The molecule has 0 spiro atoms. The molecule has 0 bridgehead atoms. The minimum absolute atomic E-state index is 0.424. The zero-order valence-electron chi connectivity index (χ0n) is 13.9. The highest BCUT2D eigenvalue weighted by Gasteiger charge is 2.28. The molecule has 1 heterocycles. The molecule has 2 N–H and O–H groups in total. The number of aryl methyl sites for hydroxylation is 1. The molecule has 0 aromatic heterocycles. The summed E-state index contributed by atoms with van der Waals surface area (Å²) in [6, 6.07) is 7.25. The summed E-state index contributed by atoms with van der Waals surface area (Å²) in [5.41, 5.74) is 10.3. The fraction of sp³-hybridized carbons (Fsp3) is 0.667. The second-order valence-corrected chi connectivity index (χ2v) is 6.16. The Kier molecular flexibility index (Phi) is 6.22. The van der Waals surface area contributed by atoms with Crippen LogP contribution in [0.25, 0.3) is 0 Å². The van der Waals surface area contributed by atoms with Crippen LogP contribution in [0.15, 0.2) is 18.2 Å². The lowest BCUT2D eigenvalue weighted by atomic mass is 10.0. The summed E-state index contributed by atoms with van der Waals surface area (Å²) in [5, 5.41) is 0. The van der Waals surface area contributed by atoms with E-state index >= 15 is 0 Å². The van der Waals surface area contributed by atoms with E-state index < -0.39 is 0 Å². The average molecular weight is 289 g/mol. The Labute approximate surface area is 130 Å². The van der Waals surface area contributed by atoms with Gasteiger partial charge in [0.05, 0.1) is 0 Å². The van der Waals surface area contributed by atoms with Crippen molar-refractivity contribution in [3.05, 3.63) is 34.9 Å². The maximum Gasteiger partial charge on any atom is 0.0477 e. The fourth-order valence-corrected chi connectivity index (χ4v) is 3.40. The number of rotatable bonds is 8. The molecule has 0 saturated carbocycles. The van der Waals surface area contributed by atoms with Crippen molar-refractivity contribution in [2.24, 2.45) is 5.73 Å². The van der Waals surface area contributed by atoms with Crippen LogP contribution in [-0.2, 0) is 6.54 Å². The number of hydrogen-bond donors (Lipinski definition) is 1. The van der Waals surface area contributed by atoms with Crippen molar-refractivity contribution in [1.82, 2.24) is 9.80 Å². The van der Waals surface area contributed by atoms with Gasteiger partial charge in [-0.05, 0) is 57.1 Å². The van der Waals surface area contributed by atoms with E-state index in [0.717, 1.165) is 32.7 Å². The van der Waals surface area contributed by atoms with Gasteiger partial charge in [-0.3, -0.25) is 4.90 Å². The number of hydrogen-bond acceptors (Lipinski definition) is 3. The van der Waals surface area contributed by atoms with E-state index in [9.17, 15) is 0 Å². The quantitative estimate of drug-likeness (QED) is 0.747. The second kappa shape index (κ2) is 7.92. The molecule has 0 aliphatic carbocycles. The first kappa shape index (κ1) is 16.5. The van der Waals surface area contributed by atoms with Crippen LogP contribution >= 0.6 is 0 Å². The maximum absolute atomic E-state index is 6.03. The molecule has 0 saturated heterocycles. The van der Waals surface area contributed by atoms with Crippen LogP contribution in [0, 0.1) is 6.92 Å². The van der Waals surface area contributed by atoms with Crippen LogP contribution in [0.2, 0.25) is 0 Å². The summed E-state index contributed by atoms with van der Waals surface area (Å²) in [6.45, 7) is 13.2. The monoisotopic (exact) mass is 289 g/mol. The Bertz CT molecular complexity index is 440. The third kappa shape index (κ3) is 4.06. The van der Waals surface area contributed by atoms with E-state index in [1.54, 1.807) is 0 Å². The van der Waals surface area contributed by atoms with Crippen LogP contribution in [0.1, 0.15) is 49.4 Å². The Morgan fingerprint density at radius 1 is 1.24 bits per heavy atom. The third-order valence-corrected chi connectivity index (χ3v) is 4.76. The van der Waals surface area contributed by atoms with Crippen molar-refractivity contribution in [2.45, 2.75) is 46.2 Å². The standard InChI is InChI=1S/C18H31N3/c1-4-20(5-2)10-6-7-11-21-14-16-9-8-15(3)12-17(16)18(21)13-19/h8-9,12,18H,4-7,10-11,13-14,19H2,1-3H3. The zero-order chi connectivity index (χ0) is 15.2. The van der Waals surface area contributed by atoms with Crippen molar-refractivity contribution in [3.8, 4) is 0 Å². The molecule has 1 aromatic rings. The number of benzene rings is 1. The number of nitrogens with two attached hydrogens (primary N) is 1. The second-order valence-electron chi connectivity index (χ2n) is 6.16. The van der Waals surface area contributed by atoms with Gasteiger partial charge in [-0.25, -0.2) is 0 Å². The average Bonchev–Trinajstić information content (AvgIpc) is 2.84. The Balaban J connectivity index is 1.85. The number of nitrogens with zero attached hydrogens (tertiary/aromatic N) is 2. The van der Waals surface area contributed by atoms with E-state index in [4.69, 9.17) is 5.73 Å². The SMILES string of the molecule is CCN(CC)CCCCN1Cc2ccc(C)cc2C1CN. The normalized spacial score (nSPS) is 18.4. The van der Waals surface area contributed by atoms with Gasteiger partial charge >= 0.3 is 0 Å². The Hall–Kier alpha value is -0.900. The third-order valence-electron chi connectivity index (χ3n) is 4.76. The van der Waals surface area contributed by atoms with Gasteiger partial charge in [0.25, 0.3) is 0 Å². The van der Waals surface area contributed by atoms with Crippen LogP contribution in [0.5, 0.6) is 0 Å². The first-order chi connectivity index (χ1) is 10.2. The molecule has 2 rings (SSSR count). The number of fused-ring (bicyclic) bond motifs is 1. The molecule has 0 amide bonds. The zero-order valence-corrected chi connectivity index (χ0v) is 13.9. The Morgan fingerprint density at radius 3 is 2.67 bits per heavy atom. The van der Waals surface area contributed by atoms with Gasteiger partial charge in [-0.15, -0.1) is 0 Å². The maximum atomic E-state index is 6.03. The summed E-state index contributed by atoms with van der Waals surface area (Å²) in [5.74, 6) is 0. The van der Waals surface area contributed by atoms with Crippen molar-refractivity contribution in [1.29, 1.82) is 0 Å². The minimum atomic E-state index is 0.424. The molecule has 0 fully saturated rings. The molecule has 21 heavy (non-hydrogen) atoms. The van der Waals surface area contributed by atoms with Crippen LogP contribution < -0.4 is 5.73 Å². The molecule has 3 heteroatoms. The summed E-state index contributed by atoms with van der Waals surface area (Å²) < 4.78 is 0. The van der Waals surface area contributed by atoms with E-state index in [0.29, 0.717) is 6.04 Å². The molecule has 1 atom stereocenters. The van der Waals surface area contributed by atoms with Gasteiger partial charge in [0.1, 0.15) is 0 Å². The largest absolute Gasteiger partial charge is 0.329 e. The first-order valence-corrected chi connectivity index (χ1v) is 8.45. The van der Waals surface area contributed by atoms with E-state index in [1.807, 2.05) is 0 Å². The van der Waals surface area contributed by atoms with E-state index in [-0.39, 0.29) is 0 Å². The van der Waals surface area contributed by atoms with E-state index in [1.165, 1.54) is 36.1 Å². The minimum Gasteiger partial charge on any atom is -0.329 e. The van der Waals surface area contributed by atoms with Gasteiger partial charge in [0.15, 0.2) is 0 Å². The highest BCUT2D eigenvalue weighted by molar-refractivity contribution is 5.37. The lowest BCUT2D eigenvalue weighted by molar-refractivity contribution is 0.208. The van der Waals surface area contributed by atoms with Gasteiger partial charge in [0.2, 0.25) is 0 Å². The van der Waals surface area contributed by atoms with Crippen molar-refractivity contribution >= 4 is 0 Å². The molecule has 1 aliphatic heterocycles. The summed E-state index contributed by atoms with van der Waals surface area (Å²) in [6.07, 6.45) is 2.55. The lowest BCUT2D eigenvalue weighted by Gasteiger charge is -2.24. The predicted octanol–water partition coefficient (Wildman–Crippen LogP) is 2.93. The Morgan fingerprint density at radius 2 is 2.00 bits per heavy atom. The lowest BCUT2D eigenvalue weighted by Crippen LogP contribution is -2.30. The highest BCUT2D eigenvalue weighted by Crippen LogP contribution is 2.33. The van der Waals surface area contributed by atoms with Gasteiger partial charge in [-0.1, -0.05) is 37.6 Å². The molecule has 1 aromatic carbocycles. The molecule has 0 radical (unpaired) electrons. The summed E-state index contributed by atoms with van der Waals surface area (Å²) >= 11 is 0. The predicted molar refractivity (Wildman–Crippen MR) is 90.4 cm³/mol.